The Labute approximate surface area is 130 Å². The minimum atomic E-state index is -4.51. The molecule has 2 amide bonds. The molecule has 9 heteroatoms. The van der Waals surface area contributed by atoms with Gasteiger partial charge in [-0.15, -0.1) is 0 Å². The maximum absolute atomic E-state index is 13.0. The predicted octanol–water partition coefficient (Wildman–Crippen LogP) is 0.661. The summed E-state index contributed by atoms with van der Waals surface area (Å²) in [6.45, 7) is 1.93. The van der Waals surface area contributed by atoms with Gasteiger partial charge in [0.1, 0.15) is 12.2 Å². The molecule has 6 nitrogen and oxygen atoms in total. The number of benzene rings is 1. The molecule has 0 unspecified atom stereocenters. The lowest BCUT2D eigenvalue weighted by atomic mass is 10.1. The van der Waals surface area contributed by atoms with Crippen LogP contribution in [0, 0.1) is 0 Å². The molecular weight excluding hydrogens is 313 g/mol. The van der Waals surface area contributed by atoms with Crippen molar-refractivity contribution in [3.05, 3.63) is 23.8 Å². The molecule has 23 heavy (non-hydrogen) atoms. The van der Waals surface area contributed by atoms with E-state index in [1.54, 1.807) is 0 Å². The van der Waals surface area contributed by atoms with Crippen LogP contribution < -0.4 is 20.9 Å². The molecule has 2 atom stereocenters. The number of nitrogens with one attached hydrogen (secondary N) is 1. The lowest BCUT2D eigenvalue weighted by molar-refractivity contribution is -0.137. The standard InChI is InChI=1S/C14H15F3N4O2/c1-7(13(18)23)20-10-4-8(14(15,16)17)2-3-9(10)21-11(20)5-19-6-12(21)22/h2-4,7,11,19H,5-6H2,1H3,(H2,18,23)/t7-,11+/m0/s1. The fraction of sp³-hybridized carbons (Fsp3) is 0.429. The Balaban J connectivity index is 2.14. The van der Waals surface area contributed by atoms with Gasteiger partial charge in [-0.2, -0.15) is 13.2 Å². The normalized spacial score (nSPS) is 21.9. The Hall–Kier alpha value is -2.29. The van der Waals surface area contributed by atoms with E-state index in [4.69, 9.17) is 5.73 Å². The minimum Gasteiger partial charge on any atom is -0.368 e. The van der Waals surface area contributed by atoms with E-state index in [0.717, 1.165) is 12.1 Å². The predicted molar refractivity (Wildman–Crippen MR) is 76.7 cm³/mol. The molecule has 1 aromatic rings. The zero-order valence-electron chi connectivity index (χ0n) is 12.2. The van der Waals surface area contributed by atoms with Crippen LogP contribution >= 0.6 is 0 Å². The van der Waals surface area contributed by atoms with Crippen LogP contribution in [0.1, 0.15) is 12.5 Å². The average molecular weight is 328 g/mol. The maximum Gasteiger partial charge on any atom is 0.416 e. The minimum absolute atomic E-state index is 0.0930. The van der Waals surface area contributed by atoms with Gasteiger partial charge < -0.3 is 16.0 Å². The van der Waals surface area contributed by atoms with E-state index in [0.29, 0.717) is 12.2 Å². The fourth-order valence-electron chi connectivity index (χ4n) is 3.04. The number of amides is 2. The molecular formula is C14H15F3N4O2. The second-order valence-electron chi connectivity index (χ2n) is 5.56. The van der Waals surface area contributed by atoms with Gasteiger partial charge in [-0.25, -0.2) is 0 Å². The van der Waals surface area contributed by atoms with Gasteiger partial charge in [0.05, 0.1) is 23.5 Å². The van der Waals surface area contributed by atoms with E-state index >= 15 is 0 Å². The van der Waals surface area contributed by atoms with Gasteiger partial charge in [0.2, 0.25) is 11.8 Å². The summed E-state index contributed by atoms with van der Waals surface area (Å²) in [6, 6.07) is 2.31. The molecule has 2 aliphatic heterocycles. The third-order valence-electron chi connectivity index (χ3n) is 4.16. The van der Waals surface area contributed by atoms with Gasteiger partial charge in [0.15, 0.2) is 0 Å². The van der Waals surface area contributed by atoms with Gasteiger partial charge in [-0.05, 0) is 25.1 Å². The van der Waals surface area contributed by atoms with Crippen molar-refractivity contribution in [1.29, 1.82) is 0 Å². The van der Waals surface area contributed by atoms with Gasteiger partial charge in [-0.3, -0.25) is 14.5 Å². The van der Waals surface area contributed by atoms with Crippen LogP contribution in [0.15, 0.2) is 18.2 Å². The van der Waals surface area contributed by atoms with Crippen LogP contribution in [-0.2, 0) is 15.8 Å². The number of anilines is 2. The molecule has 0 saturated carbocycles. The van der Waals surface area contributed by atoms with E-state index in [9.17, 15) is 22.8 Å². The average Bonchev–Trinajstić information content (AvgIpc) is 2.80. The van der Waals surface area contributed by atoms with Crippen LogP contribution in [0.25, 0.3) is 0 Å². The highest BCUT2D eigenvalue weighted by atomic mass is 19.4. The highest BCUT2D eigenvalue weighted by Gasteiger charge is 2.45. The number of alkyl halides is 3. The number of nitrogens with zero attached hydrogens (tertiary/aromatic N) is 2. The highest BCUT2D eigenvalue weighted by Crippen LogP contribution is 2.44. The van der Waals surface area contributed by atoms with Gasteiger partial charge in [-0.1, -0.05) is 0 Å². The molecule has 1 saturated heterocycles. The fourth-order valence-corrected chi connectivity index (χ4v) is 3.04. The Bertz CT molecular complexity index is 676. The number of fused-ring (bicyclic) bond motifs is 3. The highest BCUT2D eigenvalue weighted by molar-refractivity contribution is 6.03. The first-order valence-electron chi connectivity index (χ1n) is 7.03. The molecule has 3 N–H and O–H groups in total. The van der Waals surface area contributed by atoms with E-state index in [2.05, 4.69) is 5.32 Å². The zero-order valence-corrected chi connectivity index (χ0v) is 12.2. The number of rotatable bonds is 2. The first kappa shape index (κ1) is 15.6. The molecule has 1 aromatic carbocycles. The lowest BCUT2D eigenvalue weighted by Gasteiger charge is -2.37. The molecule has 0 aromatic heterocycles. The van der Waals surface area contributed by atoms with E-state index in [-0.39, 0.29) is 18.1 Å². The van der Waals surface area contributed by atoms with Crippen molar-refractivity contribution in [2.45, 2.75) is 25.3 Å². The number of carbonyl (C=O) groups is 2. The summed E-state index contributed by atoms with van der Waals surface area (Å²) < 4.78 is 39.0. The Morgan fingerprint density at radius 1 is 1.39 bits per heavy atom. The second-order valence-corrected chi connectivity index (χ2v) is 5.56. The van der Waals surface area contributed by atoms with Gasteiger partial charge >= 0.3 is 6.18 Å². The molecule has 124 valence electrons. The Kier molecular flexibility index (Phi) is 3.47. The van der Waals surface area contributed by atoms with Crippen molar-refractivity contribution in [3.8, 4) is 0 Å². The van der Waals surface area contributed by atoms with Gasteiger partial charge in [0.25, 0.3) is 0 Å². The summed E-state index contributed by atoms with van der Waals surface area (Å²) in [6.07, 6.45) is -5.08. The van der Waals surface area contributed by atoms with Crippen LogP contribution in [0.4, 0.5) is 24.5 Å². The summed E-state index contributed by atoms with van der Waals surface area (Å²) >= 11 is 0. The van der Waals surface area contributed by atoms with Gasteiger partial charge in [0, 0.05) is 6.54 Å². The number of piperazine rings is 1. The summed E-state index contributed by atoms with van der Waals surface area (Å²) in [5.74, 6) is -0.935. The van der Waals surface area contributed by atoms with Crippen LogP contribution in [-0.4, -0.2) is 37.1 Å². The van der Waals surface area contributed by atoms with Crippen molar-refractivity contribution in [2.24, 2.45) is 5.73 Å². The van der Waals surface area contributed by atoms with Crippen molar-refractivity contribution in [1.82, 2.24) is 5.32 Å². The summed E-state index contributed by atoms with van der Waals surface area (Å²) in [5, 5.41) is 2.90. The lowest BCUT2D eigenvalue weighted by Crippen LogP contribution is -2.61. The number of carbonyl (C=O) groups excluding carboxylic acids is 2. The topological polar surface area (TPSA) is 78.7 Å². The zero-order chi connectivity index (χ0) is 16.9. The van der Waals surface area contributed by atoms with E-state index in [1.165, 1.54) is 22.8 Å². The molecule has 0 radical (unpaired) electrons. The monoisotopic (exact) mass is 328 g/mol. The molecule has 3 rings (SSSR count). The second kappa shape index (κ2) is 5.12. The van der Waals surface area contributed by atoms with Crippen molar-refractivity contribution < 1.29 is 22.8 Å². The molecule has 0 spiro atoms. The number of halogens is 3. The van der Waals surface area contributed by atoms with E-state index in [1.807, 2.05) is 0 Å². The van der Waals surface area contributed by atoms with E-state index < -0.39 is 29.9 Å². The first-order chi connectivity index (χ1) is 10.7. The third-order valence-corrected chi connectivity index (χ3v) is 4.16. The Morgan fingerprint density at radius 3 is 2.70 bits per heavy atom. The first-order valence-corrected chi connectivity index (χ1v) is 7.03. The summed E-state index contributed by atoms with van der Waals surface area (Å²) in [7, 11) is 0. The third kappa shape index (κ3) is 2.40. The number of hydrogen-bond donors (Lipinski definition) is 2. The molecule has 1 fully saturated rings. The van der Waals surface area contributed by atoms with Crippen LogP contribution in [0.5, 0.6) is 0 Å². The smallest absolute Gasteiger partial charge is 0.368 e. The molecule has 0 bridgehead atoms. The largest absolute Gasteiger partial charge is 0.416 e. The number of nitrogens with two attached hydrogens (primary N) is 1. The number of hydrogen-bond acceptors (Lipinski definition) is 4. The molecule has 0 aliphatic carbocycles. The maximum atomic E-state index is 13.0. The van der Waals surface area contributed by atoms with Crippen LogP contribution in [0.3, 0.4) is 0 Å². The van der Waals surface area contributed by atoms with Crippen molar-refractivity contribution in [2.75, 3.05) is 22.9 Å². The van der Waals surface area contributed by atoms with Crippen molar-refractivity contribution in [3.63, 3.8) is 0 Å². The number of primary amides is 1. The SMILES string of the molecule is C[C@@H](C(N)=O)N1c2cc(C(F)(F)F)ccc2N2C(=O)CNC[C@@H]21. The molecule has 2 aliphatic rings. The summed E-state index contributed by atoms with van der Waals surface area (Å²) in [4.78, 5) is 26.6. The molecule has 2 heterocycles. The quantitative estimate of drug-likeness (QED) is 0.836. The Morgan fingerprint density at radius 2 is 2.09 bits per heavy atom. The van der Waals surface area contributed by atoms with Crippen LogP contribution in [0.2, 0.25) is 0 Å². The van der Waals surface area contributed by atoms with Crippen molar-refractivity contribution >= 4 is 23.2 Å². The summed E-state index contributed by atoms with van der Waals surface area (Å²) in [5.41, 5.74) is 5.04.